The standard InChI is InChI=1S/C23H31N3O6S/c1-5-21(32-18-13-11-17(12-14-18)26(2)33(4,29)30)23(28)25-20-10-7-6-9-19(20)22(27)24-15-8-16-31-3/h6-7,9-14,21H,5,8,15-16H2,1-4H3,(H,24,27)(H,25,28). The lowest BCUT2D eigenvalue weighted by Gasteiger charge is -2.20. The second kappa shape index (κ2) is 12.2. The predicted octanol–water partition coefficient (Wildman–Crippen LogP) is 2.64. The average molecular weight is 478 g/mol. The Morgan fingerprint density at radius 3 is 2.36 bits per heavy atom. The van der Waals surface area contributed by atoms with Crippen molar-refractivity contribution in [2.75, 3.05) is 43.2 Å². The fraction of sp³-hybridized carbons (Fsp3) is 0.391. The Hall–Kier alpha value is -3.11. The molecule has 0 aliphatic heterocycles. The van der Waals surface area contributed by atoms with Crippen molar-refractivity contribution in [1.29, 1.82) is 0 Å². The number of nitrogens with one attached hydrogen (secondary N) is 2. The molecule has 0 spiro atoms. The van der Waals surface area contributed by atoms with E-state index >= 15 is 0 Å². The molecule has 1 unspecified atom stereocenters. The number of hydrogen-bond donors (Lipinski definition) is 2. The Balaban J connectivity index is 2.06. The van der Waals surface area contributed by atoms with Crippen LogP contribution in [0.25, 0.3) is 0 Å². The van der Waals surface area contributed by atoms with Crippen molar-refractivity contribution in [3.05, 3.63) is 54.1 Å². The molecule has 2 rings (SSSR count). The number of carbonyl (C=O) groups excluding carboxylic acids is 2. The summed E-state index contributed by atoms with van der Waals surface area (Å²) in [6, 6.07) is 13.2. The summed E-state index contributed by atoms with van der Waals surface area (Å²) >= 11 is 0. The SMILES string of the molecule is CCC(Oc1ccc(N(C)S(C)(=O)=O)cc1)C(=O)Nc1ccccc1C(=O)NCCCOC. The minimum Gasteiger partial charge on any atom is -0.481 e. The van der Waals surface area contributed by atoms with Gasteiger partial charge in [0.1, 0.15) is 5.75 Å². The topological polar surface area (TPSA) is 114 Å². The molecule has 0 heterocycles. The molecule has 0 aliphatic rings. The van der Waals surface area contributed by atoms with E-state index in [1.165, 1.54) is 7.05 Å². The van der Waals surface area contributed by atoms with Gasteiger partial charge in [-0.25, -0.2) is 8.42 Å². The van der Waals surface area contributed by atoms with Gasteiger partial charge >= 0.3 is 0 Å². The van der Waals surface area contributed by atoms with Crippen molar-refractivity contribution in [2.24, 2.45) is 0 Å². The van der Waals surface area contributed by atoms with Gasteiger partial charge in [0.2, 0.25) is 10.0 Å². The van der Waals surface area contributed by atoms with Crippen molar-refractivity contribution >= 4 is 33.2 Å². The fourth-order valence-corrected chi connectivity index (χ4v) is 3.43. The summed E-state index contributed by atoms with van der Waals surface area (Å²) < 4.78 is 35.3. The number of amides is 2. The highest BCUT2D eigenvalue weighted by Crippen LogP contribution is 2.22. The molecule has 2 amide bonds. The molecule has 33 heavy (non-hydrogen) atoms. The van der Waals surface area contributed by atoms with Crippen LogP contribution < -0.4 is 19.7 Å². The molecule has 0 radical (unpaired) electrons. The van der Waals surface area contributed by atoms with Crippen molar-refractivity contribution in [1.82, 2.24) is 5.32 Å². The second-order valence-corrected chi connectivity index (χ2v) is 9.39. The van der Waals surface area contributed by atoms with Crippen LogP contribution >= 0.6 is 0 Å². The first-order valence-electron chi connectivity index (χ1n) is 10.5. The van der Waals surface area contributed by atoms with Crippen LogP contribution in [0.5, 0.6) is 5.75 Å². The van der Waals surface area contributed by atoms with Gasteiger partial charge in [-0.3, -0.25) is 13.9 Å². The van der Waals surface area contributed by atoms with Crippen LogP contribution in [0.2, 0.25) is 0 Å². The normalized spacial score (nSPS) is 12.0. The van der Waals surface area contributed by atoms with Gasteiger partial charge in [-0.2, -0.15) is 0 Å². The van der Waals surface area contributed by atoms with E-state index in [-0.39, 0.29) is 5.91 Å². The maximum absolute atomic E-state index is 12.9. The first-order chi connectivity index (χ1) is 15.7. The number of rotatable bonds is 12. The predicted molar refractivity (Wildman–Crippen MR) is 128 cm³/mol. The molecule has 0 bridgehead atoms. The third kappa shape index (κ3) is 7.76. The first-order valence-corrected chi connectivity index (χ1v) is 12.4. The summed E-state index contributed by atoms with van der Waals surface area (Å²) in [5.41, 5.74) is 1.22. The van der Waals surface area contributed by atoms with Gasteiger partial charge in [-0.1, -0.05) is 19.1 Å². The number of hydrogen-bond acceptors (Lipinski definition) is 6. The molecule has 2 N–H and O–H groups in total. The quantitative estimate of drug-likeness (QED) is 0.454. The Bertz CT molecular complexity index is 1040. The molecule has 2 aromatic carbocycles. The van der Waals surface area contributed by atoms with E-state index in [1.807, 2.05) is 6.92 Å². The van der Waals surface area contributed by atoms with Gasteiger partial charge in [-0.15, -0.1) is 0 Å². The largest absolute Gasteiger partial charge is 0.481 e. The number of anilines is 2. The zero-order valence-corrected chi connectivity index (χ0v) is 20.1. The van der Waals surface area contributed by atoms with Gasteiger partial charge in [0.05, 0.1) is 23.2 Å². The van der Waals surface area contributed by atoms with E-state index in [4.69, 9.17) is 9.47 Å². The first kappa shape index (κ1) is 26.1. The van der Waals surface area contributed by atoms with Crippen LogP contribution in [0.15, 0.2) is 48.5 Å². The van der Waals surface area contributed by atoms with Crippen molar-refractivity contribution in [3.63, 3.8) is 0 Å². The lowest BCUT2D eigenvalue weighted by molar-refractivity contribution is -0.122. The van der Waals surface area contributed by atoms with Crippen LogP contribution in [0.3, 0.4) is 0 Å². The van der Waals surface area contributed by atoms with Crippen LogP contribution in [0.4, 0.5) is 11.4 Å². The van der Waals surface area contributed by atoms with E-state index in [9.17, 15) is 18.0 Å². The number of para-hydroxylation sites is 1. The monoisotopic (exact) mass is 477 g/mol. The van der Waals surface area contributed by atoms with Gasteiger partial charge in [-0.05, 0) is 49.2 Å². The molecular formula is C23H31N3O6S. The zero-order valence-electron chi connectivity index (χ0n) is 19.3. The highest BCUT2D eigenvalue weighted by Gasteiger charge is 2.21. The maximum Gasteiger partial charge on any atom is 0.265 e. The maximum atomic E-state index is 12.9. The minimum absolute atomic E-state index is 0.290. The summed E-state index contributed by atoms with van der Waals surface area (Å²) in [7, 11) is -0.320. The minimum atomic E-state index is -3.38. The molecule has 0 saturated heterocycles. The van der Waals surface area contributed by atoms with Crippen LogP contribution in [-0.2, 0) is 19.6 Å². The van der Waals surface area contributed by atoms with Gasteiger partial charge in [0, 0.05) is 27.3 Å². The Labute approximate surface area is 195 Å². The summed E-state index contributed by atoms with van der Waals surface area (Å²) in [5.74, 6) is -0.261. The molecule has 0 aromatic heterocycles. The third-order valence-electron chi connectivity index (χ3n) is 4.88. The molecule has 2 aromatic rings. The number of nitrogens with zero attached hydrogens (tertiary/aromatic N) is 1. The third-order valence-corrected chi connectivity index (χ3v) is 6.09. The molecular weight excluding hydrogens is 446 g/mol. The molecule has 0 aliphatic carbocycles. The van der Waals surface area contributed by atoms with Crippen molar-refractivity contribution in [2.45, 2.75) is 25.9 Å². The van der Waals surface area contributed by atoms with Gasteiger partial charge in [0.15, 0.2) is 6.10 Å². The lowest BCUT2D eigenvalue weighted by Crippen LogP contribution is -2.33. The van der Waals surface area contributed by atoms with E-state index in [0.717, 1.165) is 10.6 Å². The Kier molecular flexibility index (Phi) is 9.68. The number of benzene rings is 2. The van der Waals surface area contributed by atoms with Crippen LogP contribution in [0, 0.1) is 0 Å². The number of sulfonamides is 1. The van der Waals surface area contributed by atoms with Crippen LogP contribution in [-0.4, -0.2) is 59.9 Å². The molecule has 0 fully saturated rings. The number of carbonyl (C=O) groups is 2. The highest BCUT2D eigenvalue weighted by atomic mass is 32.2. The highest BCUT2D eigenvalue weighted by molar-refractivity contribution is 7.92. The summed E-state index contributed by atoms with van der Waals surface area (Å²) in [6.45, 7) is 2.81. The smallest absolute Gasteiger partial charge is 0.265 e. The molecule has 1 atom stereocenters. The van der Waals surface area contributed by atoms with Gasteiger partial charge < -0.3 is 20.1 Å². The van der Waals surface area contributed by atoms with E-state index in [2.05, 4.69) is 10.6 Å². The van der Waals surface area contributed by atoms with E-state index < -0.39 is 22.0 Å². The average Bonchev–Trinajstić information content (AvgIpc) is 2.79. The summed E-state index contributed by atoms with van der Waals surface area (Å²) in [5, 5.41) is 5.58. The Morgan fingerprint density at radius 2 is 1.76 bits per heavy atom. The molecule has 180 valence electrons. The Morgan fingerprint density at radius 1 is 1.09 bits per heavy atom. The summed E-state index contributed by atoms with van der Waals surface area (Å²) in [6.07, 6.45) is 1.39. The molecule has 9 nitrogen and oxygen atoms in total. The lowest BCUT2D eigenvalue weighted by atomic mass is 10.1. The second-order valence-electron chi connectivity index (χ2n) is 7.38. The number of ether oxygens (including phenoxy) is 2. The van der Waals surface area contributed by atoms with Gasteiger partial charge in [0.25, 0.3) is 11.8 Å². The summed E-state index contributed by atoms with van der Waals surface area (Å²) in [4.78, 5) is 25.4. The fourth-order valence-electron chi connectivity index (χ4n) is 2.93. The van der Waals surface area contributed by atoms with Crippen molar-refractivity contribution < 1.29 is 27.5 Å². The molecule has 10 heteroatoms. The molecule has 0 saturated carbocycles. The van der Waals surface area contributed by atoms with Crippen molar-refractivity contribution in [3.8, 4) is 5.75 Å². The van der Waals surface area contributed by atoms with E-state index in [0.29, 0.717) is 48.7 Å². The van der Waals surface area contributed by atoms with Crippen LogP contribution in [0.1, 0.15) is 30.1 Å². The van der Waals surface area contributed by atoms with E-state index in [1.54, 1.807) is 55.6 Å². The number of methoxy groups -OCH3 is 1. The zero-order chi connectivity index (χ0) is 24.4.